The molecule has 16 heavy (non-hydrogen) atoms. The number of hydrogen-bond acceptors (Lipinski definition) is 3. The molecular weight excluding hydrogens is 292 g/mol. The maximum Gasteiger partial charge on any atom is 0.303 e. The molecule has 0 unspecified atom stereocenters. The van der Waals surface area contributed by atoms with Crippen LogP contribution in [0.25, 0.3) is 0 Å². The fraction of sp³-hybridized carbons (Fsp3) is 0.273. The Morgan fingerprint density at radius 1 is 1.25 bits per heavy atom. The molecule has 5 heteroatoms. The number of carbonyl (C=O) groups excluding carboxylic acids is 1. The number of rotatable bonds is 6. The first-order chi connectivity index (χ1) is 7.59. The van der Waals surface area contributed by atoms with Gasteiger partial charge in [0.2, 0.25) is 0 Å². The topological polar surface area (TPSA) is 54.4 Å². The van der Waals surface area contributed by atoms with E-state index in [1.807, 2.05) is 24.3 Å². The lowest BCUT2D eigenvalue weighted by atomic mass is 10.2. The molecule has 0 aromatic heterocycles. The molecule has 0 saturated heterocycles. The lowest BCUT2D eigenvalue weighted by Crippen LogP contribution is -2.05. The molecule has 1 aromatic rings. The Morgan fingerprint density at radius 2 is 1.94 bits per heavy atom. The van der Waals surface area contributed by atoms with Gasteiger partial charge >= 0.3 is 5.97 Å². The van der Waals surface area contributed by atoms with E-state index in [1.165, 1.54) is 11.8 Å². The number of hydrogen-bond donors (Lipinski definition) is 1. The molecule has 0 radical (unpaired) electrons. The molecule has 1 N–H and O–H groups in total. The van der Waals surface area contributed by atoms with Gasteiger partial charge in [-0.15, -0.1) is 11.8 Å². The Bertz CT molecular complexity index is 393. The van der Waals surface area contributed by atoms with E-state index in [2.05, 4.69) is 15.9 Å². The second kappa shape index (κ2) is 6.70. The largest absolute Gasteiger partial charge is 0.481 e. The van der Waals surface area contributed by atoms with Gasteiger partial charge in [-0.1, -0.05) is 12.1 Å². The standard InChI is InChI=1S/C11H11BrO3S/c12-9-3-1-2-4-10(9)16-7-8(13)5-6-11(14)15/h1-4H,5-7H2,(H,14,15). The van der Waals surface area contributed by atoms with Crippen molar-refractivity contribution in [2.75, 3.05) is 5.75 Å². The van der Waals surface area contributed by atoms with Crippen molar-refractivity contribution in [1.29, 1.82) is 0 Å². The third-order valence-electron chi connectivity index (χ3n) is 1.84. The fourth-order valence-electron chi connectivity index (χ4n) is 1.04. The minimum atomic E-state index is -0.931. The third kappa shape index (κ3) is 4.81. The van der Waals surface area contributed by atoms with Gasteiger partial charge in [-0.05, 0) is 28.1 Å². The van der Waals surface area contributed by atoms with Gasteiger partial charge in [-0.3, -0.25) is 9.59 Å². The average molecular weight is 303 g/mol. The molecule has 0 aliphatic rings. The molecule has 86 valence electrons. The Hall–Kier alpha value is -0.810. The summed E-state index contributed by atoms with van der Waals surface area (Å²) in [6, 6.07) is 7.62. The molecule has 0 spiro atoms. The van der Waals surface area contributed by atoms with E-state index in [9.17, 15) is 9.59 Å². The number of carboxylic acids is 1. The van der Waals surface area contributed by atoms with Crippen LogP contribution in [0.2, 0.25) is 0 Å². The number of thioether (sulfide) groups is 1. The number of Topliss-reactive ketones (excluding diaryl/α,β-unsaturated/α-hetero) is 1. The quantitative estimate of drug-likeness (QED) is 0.821. The molecule has 1 aromatic carbocycles. The molecule has 1 rings (SSSR count). The smallest absolute Gasteiger partial charge is 0.303 e. The highest BCUT2D eigenvalue weighted by atomic mass is 79.9. The number of aliphatic carboxylic acids is 1. The SMILES string of the molecule is O=C(O)CCC(=O)CSc1ccccc1Br. The molecule has 0 heterocycles. The zero-order valence-electron chi connectivity index (χ0n) is 8.48. The van der Waals surface area contributed by atoms with Crippen molar-refractivity contribution < 1.29 is 14.7 Å². The Balaban J connectivity index is 2.37. The van der Waals surface area contributed by atoms with E-state index < -0.39 is 5.97 Å². The third-order valence-corrected chi connectivity index (χ3v) is 3.93. The highest BCUT2D eigenvalue weighted by Gasteiger charge is 2.07. The second-order valence-electron chi connectivity index (χ2n) is 3.15. The van der Waals surface area contributed by atoms with E-state index in [4.69, 9.17) is 5.11 Å². The van der Waals surface area contributed by atoms with E-state index in [1.54, 1.807) is 0 Å². The lowest BCUT2D eigenvalue weighted by molar-refractivity contribution is -0.138. The highest BCUT2D eigenvalue weighted by Crippen LogP contribution is 2.27. The van der Waals surface area contributed by atoms with Gasteiger partial charge in [-0.25, -0.2) is 0 Å². The minimum absolute atomic E-state index is 0.0387. The van der Waals surface area contributed by atoms with Crippen LogP contribution >= 0.6 is 27.7 Å². The van der Waals surface area contributed by atoms with Crippen molar-refractivity contribution in [1.82, 2.24) is 0 Å². The average Bonchev–Trinajstić information content (AvgIpc) is 2.25. The van der Waals surface area contributed by atoms with Crippen LogP contribution in [0.5, 0.6) is 0 Å². The summed E-state index contributed by atoms with van der Waals surface area (Å²) in [6.07, 6.45) is 0.0160. The molecule has 0 aliphatic carbocycles. The predicted octanol–water partition coefficient (Wildman–Crippen LogP) is 2.98. The summed E-state index contributed by atoms with van der Waals surface area (Å²) >= 11 is 4.80. The van der Waals surface area contributed by atoms with Gasteiger partial charge < -0.3 is 5.11 Å². The van der Waals surface area contributed by atoms with Gasteiger partial charge in [0.15, 0.2) is 0 Å². The molecule has 0 amide bonds. The van der Waals surface area contributed by atoms with Gasteiger partial charge in [0.25, 0.3) is 0 Å². The summed E-state index contributed by atoms with van der Waals surface area (Å²) in [5.74, 6) is -0.655. The number of halogens is 1. The van der Waals surface area contributed by atoms with Crippen molar-refractivity contribution in [2.45, 2.75) is 17.7 Å². The Labute approximate surface area is 106 Å². The Morgan fingerprint density at radius 3 is 2.56 bits per heavy atom. The maximum absolute atomic E-state index is 11.3. The monoisotopic (exact) mass is 302 g/mol. The number of carbonyl (C=O) groups is 2. The second-order valence-corrected chi connectivity index (χ2v) is 5.02. The molecule has 0 fully saturated rings. The summed E-state index contributed by atoms with van der Waals surface area (Å²) in [5, 5.41) is 8.43. The number of ketones is 1. The van der Waals surface area contributed by atoms with Gasteiger partial charge in [0.1, 0.15) is 5.78 Å². The predicted molar refractivity (Wildman–Crippen MR) is 66.7 cm³/mol. The van der Waals surface area contributed by atoms with Crippen molar-refractivity contribution in [3.05, 3.63) is 28.7 Å². The van der Waals surface area contributed by atoms with Crippen LogP contribution in [0, 0.1) is 0 Å². The summed E-state index contributed by atoms with van der Waals surface area (Å²) in [5.41, 5.74) is 0. The summed E-state index contributed by atoms with van der Waals surface area (Å²) in [7, 11) is 0. The fourth-order valence-corrected chi connectivity index (χ4v) is 2.51. The minimum Gasteiger partial charge on any atom is -0.481 e. The zero-order valence-corrected chi connectivity index (χ0v) is 10.9. The molecule has 0 aliphatic heterocycles. The van der Waals surface area contributed by atoms with Crippen molar-refractivity contribution >= 4 is 39.4 Å². The summed E-state index contributed by atoms with van der Waals surface area (Å²) in [6.45, 7) is 0. The van der Waals surface area contributed by atoms with Crippen LogP contribution in [0.4, 0.5) is 0 Å². The lowest BCUT2D eigenvalue weighted by Gasteiger charge is -2.02. The summed E-state index contributed by atoms with van der Waals surface area (Å²) in [4.78, 5) is 22.6. The molecule has 0 saturated carbocycles. The van der Waals surface area contributed by atoms with Crippen molar-refractivity contribution in [3.8, 4) is 0 Å². The highest BCUT2D eigenvalue weighted by molar-refractivity contribution is 9.10. The van der Waals surface area contributed by atoms with Gasteiger partial charge in [0, 0.05) is 15.8 Å². The van der Waals surface area contributed by atoms with Crippen molar-refractivity contribution in [3.63, 3.8) is 0 Å². The van der Waals surface area contributed by atoms with Crippen LogP contribution in [0.1, 0.15) is 12.8 Å². The van der Waals surface area contributed by atoms with Crippen LogP contribution in [0.3, 0.4) is 0 Å². The summed E-state index contributed by atoms with van der Waals surface area (Å²) < 4.78 is 0.950. The van der Waals surface area contributed by atoms with Crippen LogP contribution in [-0.4, -0.2) is 22.6 Å². The van der Waals surface area contributed by atoms with E-state index in [0.717, 1.165) is 9.37 Å². The molecular formula is C11H11BrO3S. The van der Waals surface area contributed by atoms with Gasteiger partial charge in [0.05, 0.1) is 12.2 Å². The molecule has 3 nitrogen and oxygen atoms in total. The van der Waals surface area contributed by atoms with Crippen LogP contribution in [0.15, 0.2) is 33.6 Å². The van der Waals surface area contributed by atoms with E-state index in [0.29, 0.717) is 5.75 Å². The van der Waals surface area contributed by atoms with E-state index in [-0.39, 0.29) is 18.6 Å². The van der Waals surface area contributed by atoms with Crippen molar-refractivity contribution in [2.24, 2.45) is 0 Å². The zero-order chi connectivity index (χ0) is 12.0. The normalized spacial score (nSPS) is 10.1. The first-order valence-corrected chi connectivity index (χ1v) is 6.48. The van der Waals surface area contributed by atoms with E-state index >= 15 is 0 Å². The number of benzene rings is 1. The molecule has 0 atom stereocenters. The van der Waals surface area contributed by atoms with Crippen LogP contribution < -0.4 is 0 Å². The van der Waals surface area contributed by atoms with Gasteiger partial charge in [-0.2, -0.15) is 0 Å². The number of carboxylic acid groups (broad SMARTS) is 1. The first-order valence-electron chi connectivity index (χ1n) is 4.70. The Kier molecular flexibility index (Phi) is 5.55. The van der Waals surface area contributed by atoms with Crippen LogP contribution in [-0.2, 0) is 9.59 Å². The molecule has 0 bridgehead atoms. The first kappa shape index (κ1) is 13.3. The maximum atomic E-state index is 11.3.